The van der Waals surface area contributed by atoms with Crippen LogP contribution in [-0.4, -0.2) is 12.2 Å². The molecule has 15 heavy (non-hydrogen) atoms. The van der Waals surface area contributed by atoms with Gasteiger partial charge in [-0.1, -0.05) is 30.7 Å². The molecule has 0 aromatic rings. The molecule has 2 aliphatic carbocycles. The van der Waals surface area contributed by atoms with E-state index in [-0.39, 0.29) is 0 Å². The number of rotatable bonds is 3. The number of hydrogen-bond donors (Lipinski definition) is 0. The van der Waals surface area contributed by atoms with Crippen molar-refractivity contribution in [2.75, 3.05) is 0 Å². The van der Waals surface area contributed by atoms with Crippen LogP contribution in [0.1, 0.15) is 51.9 Å². The molecule has 0 amide bonds. The largest absolute Gasteiger partial charge is 0.374 e. The number of allylic oxidation sites excluding steroid dienone is 2. The molecule has 0 heterocycles. The highest BCUT2D eigenvalue weighted by Gasteiger charge is 2.19. The van der Waals surface area contributed by atoms with Crippen molar-refractivity contribution >= 4 is 0 Å². The van der Waals surface area contributed by atoms with Crippen LogP contribution in [0.2, 0.25) is 0 Å². The lowest BCUT2D eigenvalue weighted by atomic mass is 9.95. The van der Waals surface area contributed by atoms with E-state index in [2.05, 4.69) is 25.2 Å². The van der Waals surface area contributed by atoms with Crippen LogP contribution in [0.3, 0.4) is 0 Å². The standard InChI is InChI=1S/C14H22O/c1-2-12-8-10-14(11-9-12)15-13-6-4-3-5-7-13/h3-4,8,13-14H,2,5-7,9-11H2,1H3. The Morgan fingerprint density at radius 3 is 2.67 bits per heavy atom. The third-order valence-corrected chi connectivity index (χ3v) is 3.52. The highest BCUT2D eigenvalue weighted by molar-refractivity contribution is 5.06. The fourth-order valence-corrected chi connectivity index (χ4v) is 2.47. The molecule has 0 saturated heterocycles. The summed E-state index contributed by atoms with van der Waals surface area (Å²) in [4.78, 5) is 0. The normalized spacial score (nSPS) is 31.4. The summed E-state index contributed by atoms with van der Waals surface area (Å²) in [6, 6.07) is 0. The zero-order valence-electron chi connectivity index (χ0n) is 9.74. The van der Waals surface area contributed by atoms with Gasteiger partial charge in [-0.3, -0.25) is 0 Å². The second kappa shape index (κ2) is 5.50. The quantitative estimate of drug-likeness (QED) is 0.634. The second-order valence-corrected chi connectivity index (χ2v) is 4.65. The van der Waals surface area contributed by atoms with Gasteiger partial charge in [0.2, 0.25) is 0 Å². The molecule has 0 saturated carbocycles. The Bertz CT molecular complexity index is 252. The minimum absolute atomic E-state index is 0.497. The Hall–Kier alpha value is -0.560. The topological polar surface area (TPSA) is 9.23 Å². The molecule has 0 aromatic carbocycles. The number of hydrogen-bond acceptors (Lipinski definition) is 1. The summed E-state index contributed by atoms with van der Waals surface area (Å²) in [6.45, 7) is 2.25. The van der Waals surface area contributed by atoms with Crippen LogP contribution in [0, 0.1) is 0 Å². The summed E-state index contributed by atoms with van der Waals surface area (Å²) in [7, 11) is 0. The predicted octanol–water partition coefficient (Wildman–Crippen LogP) is 4.00. The average molecular weight is 206 g/mol. The van der Waals surface area contributed by atoms with Gasteiger partial charge in [-0.05, 0) is 44.9 Å². The van der Waals surface area contributed by atoms with Crippen molar-refractivity contribution in [3.63, 3.8) is 0 Å². The molecule has 2 unspecified atom stereocenters. The SMILES string of the molecule is CCC1=CCC(OC2CC=CCC2)CC1. The highest BCUT2D eigenvalue weighted by Crippen LogP contribution is 2.26. The fraction of sp³-hybridized carbons (Fsp3) is 0.714. The molecule has 2 rings (SSSR count). The summed E-state index contributed by atoms with van der Waals surface area (Å²) in [5.74, 6) is 0. The van der Waals surface area contributed by atoms with Crippen LogP contribution >= 0.6 is 0 Å². The maximum absolute atomic E-state index is 6.13. The molecular weight excluding hydrogens is 184 g/mol. The monoisotopic (exact) mass is 206 g/mol. The van der Waals surface area contributed by atoms with Crippen LogP contribution in [0.25, 0.3) is 0 Å². The molecule has 0 radical (unpaired) electrons. The van der Waals surface area contributed by atoms with Crippen molar-refractivity contribution in [3.8, 4) is 0 Å². The van der Waals surface area contributed by atoms with Crippen molar-refractivity contribution in [1.82, 2.24) is 0 Å². The van der Waals surface area contributed by atoms with E-state index in [0.717, 1.165) is 12.8 Å². The van der Waals surface area contributed by atoms with Crippen molar-refractivity contribution in [2.45, 2.75) is 64.1 Å². The molecular formula is C14H22O. The maximum atomic E-state index is 6.13. The molecule has 0 aromatic heterocycles. The summed E-state index contributed by atoms with van der Waals surface area (Å²) < 4.78 is 6.13. The maximum Gasteiger partial charge on any atom is 0.0616 e. The van der Waals surface area contributed by atoms with Gasteiger partial charge in [0.25, 0.3) is 0 Å². The Balaban J connectivity index is 1.76. The Kier molecular flexibility index (Phi) is 4.01. The van der Waals surface area contributed by atoms with E-state index >= 15 is 0 Å². The van der Waals surface area contributed by atoms with Crippen LogP contribution in [0.5, 0.6) is 0 Å². The first-order valence-electron chi connectivity index (χ1n) is 6.37. The summed E-state index contributed by atoms with van der Waals surface area (Å²) in [6.07, 6.45) is 16.3. The first-order valence-corrected chi connectivity index (χ1v) is 6.37. The van der Waals surface area contributed by atoms with E-state index in [1.807, 2.05) is 0 Å². The molecule has 0 spiro atoms. The minimum Gasteiger partial charge on any atom is -0.374 e. The Morgan fingerprint density at radius 2 is 2.07 bits per heavy atom. The molecule has 0 bridgehead atoms. The van der Waals surface area contributed by atoms with Crippen molar-refractivity contribution in [3.05, 3.63) is 23.8 Å². The third-order valence-electron chi connectivity index (χ3n) is 3.52. The molecule has 0 fully saturated rings. The lowest BCUT2D eigenvalue weighted by Gasteiger charge is -2.27. The van der Waals surface area contributed by atoms with Gasteiger partial charge < -0.3 is 4.74 Å². The first kappa shape index (κ1) is 10.9. The van der Waals surface area contributed by atoms with Gasteiger partial charge in [0.15, 0.2) is 0 Å². The summed E-state index contributed by atoms with van der Waals surface area (Å²) in [5.41, 5.74) is 1.62. The van der Waals surface area contributed by atoms with Crippen molar-refractivity contribution < 1.29 is 4.74 Å². The molecule has 2 atom stereocenters. The lowest BCUT2D eigenvalue weighted by molar-refractivity contribution is -0.0203. The van der Waals surface area contributed by atoms with Crippen molar-refractivity contribution in [2.24, 2.45) is 0 Å². The van der Waals surface area contributed by atoms with E-state index in [0.29, 0.717) is 12.2 Å². The third kappa shape index (κ3) is 3.20. The smallest absolute Gasteiger partial charge is 0.0616 e. The molecule has 84 valence electrons. The second-order valence-electron chi connectivity index (χ2n) is 4.65. The zero-order chi connectivity index (χ0) is 10.5. The van der Waals surface area contributed by atoms with E-state index in [1.165, 1.54) is 32.1 Å². The van der Waals surface area contributed by atoms with Crippen molar-refractivity contribution in [1.29, 1.82) is 0 Å². The van der Waals surface area contributed by atoms with Crippen LogP contribution in [0.4, 0.5) is 0 Å². The van der Waals surface area contributed by atoms with Crippen LogP contribution in [-0.2, 0) is 4.74 Å². The summed E-state index contributed by atoms with van der Waals surface area (Å²) >= 11 is 0. The Morgan fingerprint density at radius 1 is 1.20 bits per heavy atom. The van der Waals surface area contributed by atoms with Gasteiger partial charge in [0, 0.05) is 0 Å². The molecule has 0 N–H and O–H groups in total. The van der Waals surface area contributed by atoms with Crippen LogP contribution in [0.15, 0.2) is 23.8 Å². The van der Waals surface area contributed by atoms with E-state index in [1.54, 1.807) is 5.57 Å². The highest BCUT2D eigenvalue weighted by atomic mass is 16.5. The van der Waals surface area contributed by atoms with E-state index in [4.69, 9.17) is 4.74 Å². The van der Waals surface area contributed by atoms with Gasteiger partial charge in [-0.25, -0.2) is 0 Å². The van der Waals surface area contributed by atoms with Gasteiger partial charge in [-0.15, -0.1) is 0 Å². The van der Waals surface area contributed by atoms with Gasteiger partial charge in [0.1, 0.15) is 0 Å². The lowest BCUT2D eigenvalue weighted by Crippen LogP contribution is -2.24. The van der Waals surface area contributed by atoms with Gasteiger partial charge in [-0.2, -0.15) is 0 Å². The fourth-order valence-electron chi connectivity index (χ4n) is 2.47. The molecule has 1 nitrogen and oxygen atoms in total. The van der Waals surface area contributed by atoms with Crippen LogP contribution < -0.4 is 0 Å². The van der Waals surface area contributed by atoms with E-state index < -0.39 is 0 Å². The minimum atomic E-state index is 0.497. The van der Waals surface area contributed by atoms with Gasteiger partial charge >= 0.3 is 0 Å². The average Bonchev–Trinajstić information content (AvgIpc) is 2.31. The molecule has 2 aliphatic rings. The zero-order valence-corrected chi connectivity index (χ0v) is 9.74. The summed E-state index contributed by atoms with van der Waals surface area (Å²) in [5, 5.41) is 0. The molecule has 1 heteroatoms. The van der Waals surface area contributed by atoms with E-state index in [9.17, 15) is 0 Å². The van der Waals surface area contributed by atoms with Gasteiger partial charge in [0.05, 0.1) is 12.2 Å². The number of ether oxygens (including phenoxy) is 1. The Labute approximate surface area is 93.2 Å². The predicted molar refractivity (Wildman–Crippen MR) is 63.9 cm³/mol. The molecule has 0 aliphatic heterocycles. The first-order chi connectivity index (χ1) is 7.38.